The molecule has 0 bridgehead atoms. The van der Waals surface area contributed by atoms with Gasteiger partial charge >= 0.3 is 0 Å². The number of hydrogen-bond donors (Lipinski definition) is 1. The van der Waals surface area contributed by atoms with Crippen LogP contribution in [0.2, 0.25) is 0 Å². The largest absolute Gasteiger partial charge is 0.383 e. The lowest BCUT2D eigenvalue weighted by molar-refractivity contribution is -0.133. The van der Waals surface area contributed by atoms with Crippen LogP contribution in [0.5, 0.6) is 0 Å². The lowest BCUT2D eigenvalue weighted by atomic mass is 10.1. The molecule has 2 N–H and O–H groups in total. The van der Waals surface area contributed by atoms with Crippen LogP contribution in [0.1, 0.15) is 25.7 Å². The van der Waals surface area contributed by atoms with E-state index in [1.165, 1.54) is 6.42 Å². The van der Waals surface area contributed by atoms with Crippen molar-refractivity contribution in [3.05, 3.63) is 0 Å². The van der Waals surface area contributed by atoms with Crippen LogP contribution in [0, 0.1) is 0 Å². The van der Waals surface area contributed by atoms with Crippen LogP contribution in [0.15, 0.2) is 0 Å². The highest BCUT2D eigenvalue weighted by molar-refractivity contribution is 5.76. The number of carbonyl (C=O) groups excluding carboxylic acids is 1. The average molecular weight is 301 g/mol. The fraction of sp³-hybridized carbons (Fsp3) is 0.933. The minimum absolute atomic E-state index is 0.0599. The summed E-state index contributed by atoms with van der Waals surface area (Å²) in [4.78, 5) is 16.6. The van der Waals surface area contributed by atoms with E-state index in [9.17, 15) is 4.79 Å². The number of hydrogen-bond acceptors (Lipinski definition) is 5. The summed E-state index contributed by atoms with van der Waals surface area (Å²) in [6.07, 6.45) is 3.97. The highest BCUT2D eigenvalue weighted by Gasteiger charge is 2.24. The van der Waals surface area contributed by atoms with Crippen LogP contribution >= 0.6 is 0 Å². The van der Waals surface area contributed by atoms with E-state index in [-0.39, 0.29) is 11.9 Å². The van der Waals surface area contributed by atoms with Gasteiger partial charge in [-0.1, -0.05) is 0 Å². The molecule has 0 aromatic carbocycles. The molecule has 0 aliphatic carbocycles. The maximum atomic E-state index is 12.4. The van der Waals surface area contributed by atoms with Gasteiger partial charge in [0.1, 0.15) is 0 Å². The molecule has 1 atom stereocenters. The zero-order valence-corrected chi connectivity index (χ0v) is 13.6. The molecule has 124 valence electrons. The number of rotatable bonds is 10. The van der Waals surface area contributed by atoms with Gasteiger partial charge in [-0.3, -0.25) is 9.69 Å². The standard InChI is InChI=1S/C15H31N3O3/c1-20-10-8-17(9-11-21-2)14(13-16)12-15(19)18-6-4-3-5-7-18/h14H,3-13,16H2,1-2H3. The third-order valence-electron chi connectivity index (χ3n) is 4.07. The summed E-state index contributed by atoms with van der Waals surface area (Å²) in [7, 11) is 3.37. The lowest BCUT2D eigenvalue weighted by Crippen LogP contribution is -2.47. The van der Waals surface area contributed by atoms with Gasteiger partial charge in [0.05, 0.1) is 13.2 Å². The van der Waals surface area contributed by atoms with E-state index < -0.39 is 0 Å². The number of ether oxygens (including phenoxy) is 2. The molecule has 1 aliphatic heterocycles. The molecule has 6 heteroatoms. The Balaban J connectivity index is 2.52. The average Bonchev–Trinajstić information content (AvgIpc) is 2.54. The lowest BCUT2D eigenvalue weighted by Gasteiger charge is -2.33. The van der Waals surface area contributed by atoms with Crippen molar-refractivity contribution in [1.82, 2.24) is 9.80 Å². The smallest absolute Gasteiger partial charge is 0.224 e. The molecule has 0 saturated carbocycles. The Labute approximate surface area is 128 Å². The maximum Gasteiger partial charge on any atom is 0.224 e. The highest BCUT2D eigenvalue weighted by atomic mass is 16.5. The topological polar surface area (TPSA) is 68.0 Å². The summed E-state index contributed by atoms with van der Waals surface area (Å²) < 4.78 is 10.3. The van der Waals surface area contributed by atoms with Crippen molar-refractivity contribution in [1.29, 1.82) is 0 Å². The number of nitrogens with two attached hydrogens (primary N) is 1. The van der Waals surface area contributed by atoms with E-state index in [2.05, 4.69) is 4.90 Å². The maximum absolute atomic E-state index is 12.4. The predicted molar refractivity (Wildman–Crippen MR) is 83.2 cm³/mol. The molecule has 0 aromatic rings. The molecule has 1 amide bonds. The van der Waals surface area contributed by atoms with Crippen molar-refractivity contribution < 1.29 is 14.3 Å². The van der Waals surface area contributed by atoms with Crippen LogP contribution in [0.3, 0.4) is 0 Å². The molecule has 0 spiro atoms. The Kier molecular flexibility index (Phi) is 9.58. The van der Waals surface area contributed by atoms with Crippen LogP contribution in [0.4, 0.5) is 0 Å². The third-order valence-corrected chi connectivity index (χ3v) is 4.07. The molecular weight excluding hydrogens is 270 g/mol. The van der Waals surface area contributed by atoms with Gasteiger partial charge in [-0.25, -0.2) is 0 Å². The number of amides is 1. The minimum atomic E-state index is 0.0599. The van der Waals surface area contributed by atoms with Crippen molar-refractivity contribution in [3.63, 3.8) is 0 Å². The summed E-state index contributed by atoms with van der Waals surface area (Å²) in [6.45, 7) is 5.09. The van der Waals surface area contributed by atoms with Crippen molar-refractivity contribution in [3.8, 4) is 0 Å². The van der Waals surface area contributed by atoms with Gasteiger partial charge < -0.3 is 20.1 Å². The molecule has 1 rings (SSSR count). The van der Waals surface area contributed by atoms with E-state index in [0.717, 1.165) is 39.0 Å². The number of carbonyl (C=O) groups is 1. The third kappa shape index (κ3) is 6.74. The second-order valence-corrected chi connectivity index (χ2v) is 5.56. The number of methoxy groups -OCH3 is 2. The Morgan fingerprint density at radius 1 is 1.14 bits per heavy atom. The van der Waals surface area contributed by atoms with Crippen molar-refractivity contribution >= 4 is 5.91 Å². The number of nitrogens with zero attached hydrogens (tertiary/aromatic N) is 2. The Morgan fingerprint density at radius 3 is 2.19 bits per heavy atom. The van der Waals surface area contributed by atoms with Gasteiger partial charge in [-0.2, -0.15) is 0 Å². The van der Waals surface area contributed by atoms with Gasteiger partial charge in [0, 0.05) is 59.4 Å². The zero-order chi connectivity index (χ0) is 15.5. The number of piperidine rings is 1. The number of likely N-dealkylation sites (tertiary alicyclic amines) is 1. The second-order valence-electron chi connectivity index (χ2n) is 5.56. The van der Waals surface area contributed by atoms with Crippen LogP contribution in [0.25, 0.3) is 0 Å². The van der Waals surface area contributed by atoms with Crippen LogP contribution < -0.4 is 5.73 Å². The summed E-state index contributed by atoms with van der Waals surface area (Å²) in [5.74, 6) is 0.227. The molecule has 0 aromatic heterocycles. The van der Waals surface area contributed by atoms with E-state index in [1.54, 1.807) is 14.2 Å². The first kappa shape index (κ1) is 18.4. The quantitative estimate of drug-likeness (QED) is 0.629. The summed E-state index contributed by atoms with van der Waals surface area (Å²) >= 11 is 0. The van der Waals surface area contributed by atoms with Gasteiger partial charge in [0.15, 0.2) is 0 Å². The highest BCUT2D eigenvalue weighted by Crippen LogP contribution is 2.12. The van der Waals surface area contributed by atoms with Gasteiger partial charge in [-0.05, 0) is 19.3 Å². The Bertz CT molecular complexity index is 275. The predicted octanol–water partition coefficient (Wildman–Crippen LogP) is 0.311. The molecule has 1 aliphatic rings. The van der Waals surface area contributed by atoms with Crippen LogP contribution in [-0.4, -0.2) is 81.9 Å². The van der Waals surface area contributed by atoms with E-state index in [4.69, 9.17) is 15.2 Å². The normalized spacial score (nSPS) is 17.2. The van der Waals surface area contributed by atoms with Crippen molar-refractivity contribution in [2.75, 3.05) is 60.2 Å². The van der Waals surface area contributed by atoms with Gasteiger partial charge in [-0.15, -0.1) is 0 Å². The molecule has 1 fully saturated rings. The fourth-order valence-electron chi connectivity index (χ4n) is 2.73. The molecule has 21 heavy (non-hydrogen) atoms. The summed E-state index contributed by atoms with van der Waals surface area (Å²) in [5, 5.41) is 0. The summed E-state index contributed by atoms with van der Waals surface area (Å²) in [5.41, 5.74) is 5.90. The van der Waals surface area contributed by atoms with E-state index in [0.29, 0.717) is 26.2 Å². The first-order valence-corrected chi connectivity index (χ1v) is 7.92. The van der Waals surface area contributed by atoms with E-state index >= 15 is 0 Å². The first-order chi connectivity index (χ1) is 10.2. The summed E-state index contributed by atoms with van der Waals surface area (Å²) in [6, 6.07) is 0.0599. The first-order valence-electron chi connectivity index (χ1n) is 7.92. The monoisotopic (exact) mass is 301 g/mol. The minimum Gasteiger partial charge on any atom is -0.383 e. The molecule has 1 heterocycles. The molecule has 0 radical (unpaired) electrons. The van der Waals surface area contributed by atoms with Gasteiger partial charge in [0.2, 0.25) is 5.91 Å². The Hall–Kier alpha value is -0.690. The van der Waals surface area contributed by atoms with Crippen LogP contribution in [-0.2, 0) is 14.3 Å². The second kappa shape index (κ2) is 11.0. The molecule has 1 saturated heterocycles. The molecular formula is C15H31N3O3. The Morgan fingerprint density at radius 2 is 1.71 bits per heavy atom. The van der Waals surface area contributed by atoms with E-state index in [1.807, 2.05) is 4.90 Å². The SMILES string of the molecule is COCCN(CCOC)C(CN)CC(=O)N1CCCCC1. The van der Waals surface area contributed by atoms with Gasteiger partial charge in [0.25, 0.3) is 0 Å². The van der Waals surface area contributed by atoms with Crippen molar-refractivity contribution in [2.24, 2.45) is 5.73 Å². The molecule has 1 unspecified atom stereocenters. The van der Waals surface area contributed by atoms with Crippen molar-refractivity contribution in [2.45, 2.75) is 31.7 Å². The fourth-order valence-corrected chi connectivity index (χ4v) is 2.73. The molecule has 6 nitrogen and oxygen atoms in total. The zero-order valence-electron chi connectivity index (χ0n) is 13.6.